The van der Waals surface area contributed by atoms with E-state index in [0.717, 1.165) is 37.9 Å². The zero-order valence-electron chi connectivity index (χ0n) is 17.8. The van der Waals surface area contributed by atoms with Gasteiger partial charge >= 0.3 is 0 Å². The molecule has 2 unspecified atom stereocenters. The third-order valence-electron chi connectivity index (χ3n) is 5.14. The monoisotopic (exact) mass is 424 g/mol. The molecule has 1 aromatic rings. The zero-order chi connectivity index (χ0) is 22.1. The van der Waals surface area contributed by atoms with Gasteiger partial charge in [0.15, 0.2) is 11.7 Å². The number of likely N-dealkylation sites (tertiary alicyclic amines) is 1. The predicted octanol–water partition coefficient (Wildman–Crippen LogP) is 3.76. The normalized spacial score (nSPS) is 18.9. The van der Waals surface area contributed by atoms with Crippen LogP contribution in [-0.2, 0) is 14.3 Å². The third-order valence-corrected chi connectivity index (χ3v) is 5.14. The molecule has 0 aromatic heterocycles. The van der Waals surface area contributed by atoms with Crippen molar-refractivity contribution in [1.29, 1.82) is 5.26 Å². The van der Waals surface area contributed by atoms with E-state index in [0.29, 0.717) is 24.6 Å². The van der Waals surface area contributed by atoms with Gasteiger partial charge in [-0.3, -0.25) is 9.59 Å². The van der Waals surface area contributed by atoms with E-state index in [1.54, 1.807) is 29.2 Å². The van der Waals surface area contributed by atoms with Crippen molar-refractivity contribution in [2.75, 3.05) is 19.7 Å². The van der Waals surface area contributed by atoms with E-state index in [-0.39, 0.29) is 6.61 Å². The van der Waals surface area contributed by atoms with Crippen LogP contribution >= 0.6 is 0 Å². The molecule has 2 aliphatic rings. The van der Waals surface area contributed by atoms with Crippen molar-refractivity contribution >= 4 is 11.7 Å². The van der Waals surface area contributed by atoms with Gasteiger partial charge in [-0.2, -0.15) is 5.26 Å². The van der Waals surface area contributed by atoms with E-state index in [4.69, 9.17) is 14.2 Å². The van der Waals surface area contributed by atoms with Crippen LogP contribution in [0.2, 0.25) is 0 Å². The molecule has 1 amide bonds. The smallest absolute Gasteiger partial charge is 0.260 e. The molecule has 0 radical (unpaired) electrons. The quantitative estimate of drug-likeness (QED) is 0.561. The average molecular weight is 424 g/mol. The molecule has 164 valence electrons. The molecule has 1 fully saturated rings. The number of benzene rings is 1. The van der Waals surface area contributed by atoms with E-state index in [9.17, 15) is 14.9 Å². The lowest BCUT2D eigenvalue weighted by atomic mass is 10.0. The first kappa shape index (κ1) is 22.4. The van der Waals surface area contributed by atoms with Crippen LogP contribution in [0.1, 0.15) is 39.0 Å². The first-order chi connectivity index (χ1) is 15.1. The molecule has 0 aliphatic carbocycles. The van der Waals surface area contributed by atoms with Crippen LogP contribution in [0, 0.1) is 17.2 Å². The molecule has 7 nitrogen and oxygen atoms in total. The van der Waals surface area contributed by atoms with Crippen LogP contribution in [0.25, 0.3) is 0 Å². The van der Waals surface area contributed by atoms with E-state index in [2.05, 4.69) is 6.92 Å². The highest BCUT2D eigenvalue weighted by Gasteiger charge is 2.31. The maximum atomic E-state index is 12.5. The fraction of sp³-hybridized carbons (Fsp3) is 0.458. The Morgan fingerprint density at radius 3 is 2.58 bits per heavy atom. The minimum atomic E-state index is -1.32. The van der Waals surface area contributed by atoms with E-state index in [1.165, 1.54) is 0 Å². The van der Waals surface area contributed by atoms with Crippen LogP contribution < -0.4 is 9.47 Å². The molecule has 0 N–H and O–H groups in total. The highest BCUT2D eigenvalue weighted by molar-refractivity contribution is 6.04. The molecular weight excluding hydrogens is 396 g/mol. The number of hydrogen-bond donors (Lipinski definition) is 0. The number of carbonyl (C=O) groups excluding carboxylic acids is 2. The summed E-state index contributed by atoms with van der Waals surface area (Å²) in [5.74, 6) is -0.331. The fourth-order valence-corrected chi connectivity index (χ4v) is 3.48. The molecule has 1 saturated heterocycles. The summed E-state index contributed by atoms with van der Waals surface area (Å²) in [5.41, 5.74) is 0. The number of Topliss-reactive ketones (excluding diaryl/α,β-unsaturated/α-hetero) is 1. The van der Waals surface area contributed by atoms with Crippen LogP contribution in [0.5, 0.6) is 11.5 Å². The number of piperidine rings is 1. The molecule has 0 spiro atoms. The van der Waals surface area contributed by atoms with Crippen molar-refractivity contribution in [3.05, 3.63) is 48.3 Å². The molecule has 2 heterocycles. The van der Waals surface area contributed by atoms with Gasteiger partial charge in [-0.05, 0) is 62.1 Å². The van der Waals surface area contributed by atoms with Gasteiger partial charge in [-0.25, -0.2) is 0 Å². The van der Waals surface area contributed by atoms with Gasteiger partial charge in [0.25, 0.3) is 6.29 Å². The second-order valence-corrected chi connectivity index (χ2v) is 7.55. The molecule has 3 rings (SSSR count). The van der Waals surface area contributed by atoms with Crippen molar-refractivity contribution < 1.29 is 23.8 Å². The predicted molar refractivity (Wildman–Crippen MR) is 114 cm³/mol. The van der Waals surface area contributed by atoms with Gasteiger partial charge in [0.1, 0.15) is 23.9 Å². The summed E-state index contributed by atoms with van der Waals surface area (Å²) in [6.45, 7) is 2.95. The lowest BCUT2D eigenvalue weighted by molar-refractivity contribution is -0.140. The Morgan fingerprint density at radius 2 is 1.90 bits per heavy atom. The topological polar surface area (TPSA) is 88.9 Å². The zero-order valence-corrected chi connectivity index (χ0v) is 17.8. The molecule has 7 heteroatoms. The van der Waals surface area contributed by atoms with Crippen molar-refractivity contribution in [3.63, 3.8) is 0 Å². The second-order valence-electron chi connectivity index (χ2n) is 7.55. The van der Waals surface area contributed by atoms with Crippen molar-refractivity contribution in [1.82, 2.24) is 4.90 Å². The van der Waals surface area contributed by atoms with Crippen LogP contribution in [0.15, 0.2) is 48.3 Å². The highest BCUT2D eigenvalue weighted by Crippen LogP contribution is 2.23. The summed E-state index contributed by atoms with van der Waals surface area (Å²) in [7, 11) is 0. The average Bonchev–Trinajstić information content (AvgIpc) is 2.80. The van der Waals surface area contributed by atoms with Crippen molar-refractivity contribution in [2.45, 2.75) is 45.3 Å². The number of allylic oxidation sites excluding steroid dienone is 3. The number of nitriles is 1. The maximum absolute atomic E-state index is 12.5. The van der Waals surface area contributed by atoms with E-state index < -0.39 is 23.9 Å². The Hall–Kier alpha value is -3.27. The first-order valence-corrected chi connectivity index (χ1v) is 10.8. The Bertz CT molecular complexity index is 863. The number of carbonyl (C=O) groups is 2. The number of hydrogen-bond acceptors (Lipinski definition) is 6. The third kappa shape index (κ3) is 6.35. The van der Waals surface area contributed by atoms with Gasteiger partial charge in [0.05, 0.1) is 6.07 Å². The molecular formula is C24H28N2O5. The Balaban J connectivity index is 1.49. The minimum Gasteiger partial charge on any atom is -0.486 e. The van der Waals surface area contributed by atoms with E-state index in [1.807, 2.05) is 24.3 Å². The number of ether oxygens (including phenoxy) is 3. The number of ketones is 1. The lowest BCUT2D eigenvalue weighted by Gasteiger charge is -2.27. The summed E-state index contributed by atoms with van der Waals surface area (Å²) in [4.78, 5) is 26.5. The van der Waals surface area contributed by atoms with Gasteiger partial charge < -0.3 is 19.1 Å². The molecule has 0 bridgehead atoms. The second kappa shape index (κ2) is 11.2. The highest BCUT2D eigenvalue weighted by atomic mass is 16.7. The van der Waals surface area contributed by atoms with Crippen LogP contribution in [-0.4, -0.2) is 42.6 Å². The van der Waals surface area contributed by atoms with Crippen molar-refractivity contribution in [3.8, 4) is 17.6 Å². The number of nitrogens with zero attached hydrogens (tertiary/aromatic N) is 2. The van der Waals surface area contributed by atoms with Gasteiger partial charge in [-0.15, -0.1) is 0 Å². The largest absolute Gasteiger partial charge is 0.486 e. The Labute approximate surface area is 182 Å². The van der Waals surface area contributed by atoms with Gasteiger partial charge in [0, 0.05) is 19.5 Å². The van der Waals surface area contributed by atoms with Crippen LogP contribution in [0.4, 0.5) is 0 Å². The van der Waals surface area contributed by atoms with E-state index >= 15 is 0 Å². The SMILES string of the molecule is CCCC1=CC=CC(Oc2ccc(OCC(=O)C(C#N)C(=O)N3CCCCC3)cc2)O1. The summed E-state index contributed by atoms with van der Waals surface area (Å²) in [6.07, 6.45) is 9.91. The molecule has 0 saturated carbocycles. The summed E-state index contributed by atoms with van der Waals surface area (Å²) < 4.78 is 17.1. The lowest BCUT2D eigenvalue weighted by Crippen LogP contribution is -2.42. The maximum Gasteiger partial charge on any atom is 0.260 e. The first-order valence-electron chi connectivity index (χ1n) is 10.8. The van der Waals surface area contributed by atoms with Gasteiger partial charge in [0.2, 0.25) is 5.91 Å². The number of amides is 1. The molecule has 1 aromatic carbocycles. The summed E-state index contributed by atoms with van der Waals surface area (Å²) in [6, 6.07) is 8.62. The van der Waals surface area contributed by atoms with Gasteiger partial charge in [-0.1, -0.05) is 13.0 Å². The Morgan fingerprint density at radius 1 is 1.19 bits per heavy atom. The molecule has 2 atom stereocenters. The standard InChI is InChI=1S/C24H28N2O5/c1-2-7-19-8-6-9-23(30-19)31-20-12-10-18(11-13-20)29-17-22(27)21(16-25)24(28)26-14-4-3-5-15-26/h6,8-13,21,23H,2-5,7,14-15,17H2,1H3. The fourth-order valence-electron chi connectivity index (χ4n) is 3.48. The minimum absolute atomic E-state index is 0.336. The van der Waals surface area contributed by atoms with Crippen molar-refractivity contribution in [2.24, 2.45) is 5.92 Å². The number of rotatable bonds is 9. The summed E-state index contributed by atoms with van der Waals surface area (Å²) in [5, 5.41) is 9.33. The summed E-state index contributed by atoms with van der Waals surface area (Å²) >= 11 is 0. The molecule has 31 heavy (non-hydrogen) atoms. The van der Waals surface area contributed by atoms with Crippen LogP contribution in [0.3, 0.4) is 0 Å². The molecule has 2 aliphatic heterocycles. The Kier molecular flexibility index (Phi) is 8.11.